The van der Waals surface area contributed by atoms with Crippen molar-refractivity contribution in [3.63, 3.8) is 0 Å². The van der Waals surface area contributed by atoms with Crippen LogP contribution in [0, 0.1) is 5.82 Å². The Balaban J connectivity index is 1.59. The van der Waals surface area contributed by atoms with Gasteiger partial charge in [0.1, 0.15) is 5.82 Å². The van der Waals surface area contributed by atoms with Crippen LogP contribution in [0.25, 0.3) is 0 Å². The molecule has 1 saturated heterocycles. The molecule has 5 nitrogen and oxygen atoms in total. The fourth-order valence-electron chi connectivity index (χ4n) is 2.23. The molecule has 2 heterocycles. The van der Waals surface area contributed by atoms with E-state index in [1.165, 1.54) is 18.2 Å². The van der Waals surface area contributed by atoms with Gasteiger partial charge in [0.05, 0.1) is 30.0 Å². The molecule has 0 aliphatic carbocycles. The summed E-state index contributed by atoms with van der Waals surface area (Å²) in [7, 11) is 0. The zero-order chi connectivity index (χ0) is 16.1. The maximum absolute atomic E-state index is 13.5. The summed E-state index contributed by atoms with van der Waals surface area (Å²) in [6, 6.07) is 9.77. The number of nitrogens with zero attached hydrogens (tertiary/aromatic N) is 2. The smallest absolute Gasteiger partial charge is 0.274 e. The number of hydrazone groups is 1. The molecule has 1 amide bonds. The number of anilines is 1. The van der Waals surface area contributed by atoms with E-state index in [-0.39, 0.29) is 5.56 Å². The number of halogens is 1. The summed E-state index contributed by atoms with van der Waals surface area (Å²) in [4.78, 5) is 15.0. The van der Waals surface area contributed by atoms with Crippen LogP contribution in [0.1, 0.15) is 15.2 Å². The third kappa shape index (κ3) is 3.94. The van der Waals surface area contributed by atoms with Crippen molar-refractivity contribution in [3.05, 3.63) is 52.7 Å². The van der Waals surface area contributed by atoms with E-state index in [4.69, 9.17) is 4.74 Å². The molecule has 1 fully saturated rings. The SMILES string of the molecule is O=C(N/N=C/c1ccc(N2CCOCC2)s1)c1ccccc1F. The second kappa shape index (κ2) is 7.34. The molecule has 0 bridgehead atoms. The molecule has 1 aliphatic heterocycles. The van der Waals surface area contributed by atoms with Gasteiger partial charge in [-0.15, -0.1) is 11.3 Å². The van der Waals surface area contributed by atoms with Gasteiger partial charge in [0.25, 0.3) is 5.91 Å². The van der Waals surface area contributed by atoms with Crippen molar-refractivity contribution in [2.24, 2.45) is 5.10 Å². The van der Waals surface area contributed by atoms with Crippen LogP contribution in [-0.2, 0) is 4.74 Å². The van der Waals surface area contributed by atoms with E-state index in [1.807, 2.05) is 12.1 Å². The third-order valence-electron chi connectivity index (χ3n) is 3.41. The molecule has 1 aromatic carbocycles. The Bertz CT molecular complexity index is 711. The largest absolute Gasteiger partial charge is 0.378 e. The second-order valence-electron chi connectivity index (χ2n) is 4.95. The van der Waals surface area contributed by atoms with Gasteiger partial charge in [-0.2, -0.15) is 5.10 Å². The van der Waals surface area contributed by atoms with Gasteiger partial charge in [0, 0.05) is 18.0 Å². The molecule has 23 heavy (non-hydrogen) atoms. The van der Waals surface area contributed by atoms with Crippen molar-refractivity contribution in [3.8, 4) is 0 Å². The highest BCUT2D eigenvalue weighted by molar-refractivity contribution is 7.17. The number of amides is 1. The summed E-state index contributed by atoms with van der Waals surface area (Å²) < 4.78 is 18.8. The summed E-state index contributed by atoms with van der Waals surface area (Å²) in [6.07, 6.45) is 1.56. The first-order valence-corrected chi connectivity index (χ1v) is 8.06. The molecule has 0 radical (unpaired) electrons. The lowest BCUT2D eigenvalue weighted by atomic mass is 10.2. The van der Waals surface area contributed by atoms with Gasteiger partial charge in [-0.05, 0) is 24.3 Å². The van der Waals surface area contributed by atoms with E-state index < -0.39 is 11.7 Å². The van der Waals surface area contributed by atoms with Crippen LogP contribution < -0.4 is 10.3 Å². The van der Waals surface area contributed by atoms with Gasteiger partial charge in [-0.25, -0.2) is 9.82 Å². The Morgan fingerprint density at radius 3 is 2.83 bits per heavy atom. The highest BCUT2D eigenvalue weighted by Gasteiger charge is 2.13. The van der Waals surface area contributed by atoms with E-state index in [0.717, 1.165) is 36.2 Å². The quantitative estimate of drug-likeness (QED) is 0.691. The molecule has 1 aromatic heterocycles. The maximum atomic E-state index is 13.5. The molecule has 2 aromatic rings. The van der Waals surface area contributed by atoms with Gasteiger partial charge in [0.15, 0.2) is 0 Å². The summed E-state index contributed by atoms with van der Waals surface area (Å²) in [5.41, 5.74) is 2.32. The van der Waals surface area contributed by atoms with Gasteiger partial charge < -0.3 is 9.64 Å². The topological polar surface area (TPSA) is 53.9 Å². The minimum absolute atomic E-state index is 0.0233. The van der Waals surface area contributed by atoms with Crippen LogP contribution in [0.15, 0.2) is 41.5 Å². The molecule has 1 aliphatic rings. The number of rotatable bonds is 4. The molecule has 0 saturated carbocycles. The summed E-state index contributed by atoms with van der Waals surface area (Å²) in [6.45, 7) is 3.22. The molecule has 1 N–H and O–H groups in total. The number of morpholine rings is 1. The zero-order valence-corrected chi connectivity index (χ0v) is 13.2. The Labute approximate surface area is 137 Å². The normalized spacial score (nSPS) is 15.1. The number of nitrogens with one attached hydrogen (secondary N) is 1. The minimum Gasteiger partial charge on any atom is -0.378 e. The van der Waals surface area contributed by atoms with Crippen LogP contribution in [0.4, 0.5) is 9.39 Å². The Hall–Kier alpha value is -2.25. The van der Waals surface area contributed by atoms with Crippen LogP contribution in [-0.4, -0.2) is 38.4 Å². The molecule has 7 heteroatoms. The fourth-order valence-corrected chi connectivity index (χ4v) is 3.16. The standard InChI is InChI=1S/C16H16FN3O2S/c17-14-4-2-1-3-13(14)16(21)19-18-11-12-5-6-15(23-12)20-7-9-22-10-8-20/h1-6,11H,7-10H2,(H,19,21)/b18-11+. The summed E-state index contributed by atoms with van der Waals surface area (Å²) in [5, 5.41) is 5.04. The predicted molar refractivity (Wildman–Crippen MR) is 88.8 cm³/mol. The number of ether oxygens (including phenoxy) is 1. The van der Waals surface area contributed by atoms with Crippen LogP contribution in [0.5, 0.6) is 0 Å². The summed E-state index contributed by atoms with van der Waals surface area (Å²) in [5.74, 6) is -1.13. The molecular weight excluding hydrogens is 317 g/mol. The lowest BCUT2D eigenvalue weighted by Gasteiger charge is -2.27. The van der Waals surface area contributed by atoms with Crippen molar-refractivity contribution in [2.75, 3.05) is 31.2 Å². The van der Waals surface area contributed by atoms with Gasteiger partial charge >= 0.3 is 0 Å². The molecule has 120 valence electrons. The van der Waals surface area contributed by atoms with Gasteiger partial charge in [-0.3, -0.25) is 4.79 Å². The first-order valence-electron chi connectivity index (χ1n) is 7.24. The lowest BCUT2D eigenvalue weighted by molar-refractivity contribution is 0.0951. The summed E-state index contributed by atoms with van der Waals surface area (Å²) >= 11 is 1.59. The monoisotopic (exact) mass is 333 g/mol. The Kier molecular flexibility index (Phi) is 4.99. The highest BCUT2D eigenvalue weighted by Crippen LogP contribution is 2.25. The molecule has 3 rings (SSSR count). The fraction of sp³-hybridized carbons (Fsp3) is 0.250. The van der Waals surface area contributed by atoms with Crippen LogP contribution in [0.3, 0.4) is 0 Å². The van der Waals surface area contributed by atoms with Crippen molar-refractivity contribution < 1.29 is 13.9 Å². The maximum Gasteiger partial charge on any atom is 0.274 e. The number of hydrogen-bond acceptors (Lipinski definition) is 5. The number of carbonyl (C=O) groups excluding carboxylic acids is 1. The van der Waals surface area contributed by atoms with E-state index in [1.54, 1.807) is 23.6 Å². The van der Waals surface area contributed by atoms with Gasteiger partial charge in [-0.1, -0.05) is 12.1 Å². The molecular formula is C16H16FN3O2S. The van der Waals surface area contributed by atoms with E-state index in [2.05, 4.69) is 15.4 Å². The van der Waals surface area contributed by atoms with Crippen LogP contribution >= 0.6 is 11.3 Å². The highest BCUT2D eigenvalue weighted by atomic mass is 32.1. The first kappa shape index (κ1) is 15.6. The Morgan fingerprint density at radius 1 is 1.26 bits per heavy atom. The van der Waals surface area contributed by atoms with Crippen molar-refractivity contribution in [1.29, 1.82) is 0 Å². The van der Waals surface area contributed by atoms with Crippen LogP contribution in [0.2, 0.25) is 0 Å². The Morgan fingerprint density at radius 2 is 2.04 bits per heavy atom. The third-order valence-corrected chi connectivity index (χ3v) is 4.49. The average Bonchev–Trinajstić information content (AvgIpc) is 3.05. The molecule has 0 spiro atoms. The van der Waals surface area contributed by atoms with Crippen molar-refractivity contribution in [1.82, 2.24) is 5.43 Å². The van der Waals surface area contributed by atoms with Crippen molar-refractivity contribution in [2.45, 2.75) is 0 Å². The van der Waals surface area contributed by atoms with E-state index in [0.29, 0.717) is 0 Å². The minimum atomic E-state index is -0.565. The van der Waals surface area contributed by atoms with Gasteiger partial charge in [0.2, 0.25) is 0 Å². The van der Waals surface area contributed by atoms with E-state index >= 15 is 0 Å². The lowest BCUT2D eigenvalue weighted by Crippen LogP contribution is -2.35. The van der Waals surface area contributed by atoms with Crippen molar-refractivity contribution >= 4 is 28.5 Å². The predicted octanol–water partition coefficient (Wildman–Crippen LogP) is 2.49. The second-order valence-corrected chi connectivity index (χ2v) is 6.05. The number of carbonyl (C=O) groups is 1. The molecule has 0 atom stereocenters. The number of benzene rings is 1. The number of thiophene rings is 1. The average molecular weight is 333 g/mol. The first-order chi connectivity index (χ1) is 11.2. The zero-order valence-electron chi connectivity index (χ0n) is 12.4. The molecule has 0 unspecified atom stereocenters. The van der Waals surface area contributed by atoms with E-state index in [9.17, 15) is 9.18 Å². The number of hydrogen-bond donors (Lipinski definition) is 1.